The highest BCUT2D eigenvalue weighted by Gasteiger charge is 2.72. The molecule has 2 bridgehead atoms. The zero-order chi connectivity index (χ0) is 24.5. The fraction of sp³-hybridized carbons (Fsp3) is 0.375. The van der Waals surface area contributed by atoms with Crippen molar-refractivity contribution in [1.29, 1.82) is 0 Å². The van der Waals surface area contributed by atoms with E-state index in [9.17, 15) is 10.2 Å². The summed E-state index contributed by atoms with van der Waals surface area (Å²) < 4.78 is 6.71. The van der Waals surface area contributed by atoms with Crippen molar-refractivity contribution in [2.24, 2.45) is 5.92 Å². The quantitative estimate of drug-likeness (QED) is 0.367. The van der Waals surface area contributed by atoms with Crippen LogP contribution in [0.2, 0.25) is 0 Å². The molecule has 0 amide bonds. The predicted molar refractivity (Wildman–Crippen MR) is 142 cm³/mol. The average molecular weight is 491 g/mol. The molecule has 1 saturated carbocycles. The van der Waals surface area contributed by atoms with E-state index in [-0.39, 0.29) is 17.9 Å². The highest BCUT2D eigenvalue weighted by molar-refractivity contribution is 5.90. The number of aliphatic hydroxyl groups is 1. The van der Waals surface area contributed by atoms with Crippen molar-refractivity contribution in [2.45, 2.75) is 55.3 Å². The minimum Gasteiger partial charge on any atom is -0.504 e. The Hall–Kier alpha value is -3.28. The van der Waals surface area contributed by atoms with Gasteiger partial charge in [-0.3, -0.25) is 4.90 Å². The van der Waals surface area contributed by atoms with Crippen LogP contribution in [0.1, 0.15) is 47.8 Å². The van der Waals surface area contributed by atoms with E-state index in [2.05, 4.69) is 58.4 Å². The van der Waals surface area contributed by atoms with Gasteiger partial charge in [-0.2, -0.15) is 0 Å². The van der Waals surface area contributed by atoms with Crippen LogP contribution in [-0.2, 0) is 18.3 Å². The van der Waals surface area contributed by atoms with Crippen LogP contribution in [0.5, 0.6) is 11.5 Å². The van der Waals surface area contributed by atoms with E-state index in [0.717, 1.165) is 48.6 Å². The Bertz CT molecular complexity index is 1610. The number of aromatic hydroxyl groups is 1. The first kappa shape index (κ1) is 20.7. The van der Waals surface area contributed by atoms with Gasteiger partial charge in [0.15, 0.2) is 17.6 Å². The summed E-state index contributed by atoms with van der Waals surface area (Å²) in [5.41, 5.74) is 6.49. The van der Waals surface area contributed by atoms with Crippen LogP contribution in [0, 0.1) is 5.92 Å². The van der Waals surface area contributed by atoms with Crippen LogP contribution in [-0.4, -0.2) is 44.8 Å². The van der Waals surface area contributed by atoms with Gasteiger partial charge in [-0.1, -0.05) is 42.5 Å². The largest absolute Gasteiger partial charge is 0.504 e. The third kappa shape index (κ3) is 2.47. The number of likely N-dealkylation sites (tertiary alicyclic amines) is 1. The summed E-state index contributed by atoms with van der Waals surface area (Å²) in [6, 6.07) is 21.0. The molecule has 5 aliphatic rings. The van der Waals surface area contributed by atoms with Crippen LogP contribution in [0.4, 0.5) is 0 Å². The molecule has 5 heteroatoms. The number of rotatable bonds is 3. The number of piperidine rings is 1. The molecule has 0 unspecified atom stereocenters. The van der Waals surface area contributed by atoms with Gasteiger partial charge in [0.1, 0.15) is 0 Å². The van der Waals surface area contributed by atoms with Gasteiger partial charge in [0.05, 0.1) is 16.7 Å². The van der Waals surface area contributed by atoms with E-state index >= 15 is 0 Å². The highest BCUT2D eigenvalue weighted by atomic mass is 16.5. The normalized spacial score (nSPS) is 31.2. The van der Waals surface area contributed by atoms with Crippen LogP contribution < -0.4 is 4.74 Å². The van der Waals surface area contributed by atoms with Crippen LogP contribution in [0.3, 0.4) is 0 Å². The molecule has 4 aromatic rings. The van der Waals surface area contributed by atoms with Gasteiger partial charge >= 0.3 is 0 Å². The molecule has 0 radical (unpaired) electrons. The maximum absolute atomic E-state index is 13.0. The molecule has 3 N–H and O–H groups in total. The van der Waals surface area contributed by atoms with E-state index in [0.29, 0.717) is 12.2 Å². The number of phenolic OH excluding ortho intramolecular Hbond substituents is 1. The lowest BCUT2D eigenvalue weighted by atomic mass is 9.49. The van der Waals surface area contributed by atoms with Gasteiger partial charge in [0, 0.05) is 35.5 Å². The van der Waals surface area contributed by atoms with E-state index < -0.39 is 11.0 Å². The van der Waals surface area contributed by atoms with Crippen molar-refractivity contribution in [3.8, 4) is 22.6 Å². The van der Waals surface area contributed by atoms with E-state index in [1.54, 1.807) is 6.07 Å². The Morgan fingerprint density at radius 2 is 1.89 bits per heavy atom. The summed E-state index contributed by atoms with van der Waals surface area (Å²) in [5.74, 6) is 1.55. The topological polar surface area (TPSA) is 68.7 Å². The molecule has 4 atom stereocenters. The number of hydrogen-bond donors (Lipinski definition) is 3. The number of hydrogen-bond acceptors (Lipinski definition) is 4. The molecule has 1 spiro atoms. The minimum atomic E-state index is -0.957. The summed E-state index contributed by atoms with van der Waals surface area (Å²) >= 11 is 0. The fourth-order valence-corrected chi connectivity index (χ4v) is 8.43. The number of aromatic amines is 1. The molecule has 1 aromatic heterocycles. The van der Waals surface area contributed by atoms with Gasteiger partial charge < -0.3 is 19.9 Å². The molecule has 2 aliphatic heterocycles. The number of aromatic nitrogens is 1. The second kappa shape index (κ2) is 6.77. The molecule has 37 heavy (non-hydrogen) atoms. The summed E-state index contributed by atoms with van der Waals surface area (Å²) in [6.45, 7) is 2.04. The van der Waals surface area contributed by atoms with Crippen molar-refractivity contribution in [1.82, 2.24) is 9.88 Å². The van der Waals surface area contributed by atoms with Crippen LogP contribution in [0.25, 0.3) is 22.0 Å². The SMILES string of the molecule is Oc1ccc2c3c1O[C@H]1c4[nH]c5ccc(-c6ccccc6)cc5c4C[C@@]4(O)[C@H](C2)N(CC2CC2)CC[C@]314. The number of benzene rings is 3. The number of nitrogens with zero attached hydrogens (tertiary/aromatic N) is 1. The van der Waals surface area contributed by atoms with Crippen LogP contribution >= 0.6 is 0 Å². The number of nitrogens with one attached hydrogen (secondary N) is 1. The van der Waals surface area contributed by atoms with Crippen molar-refractivity contribution in [2.75, 3.05) is 13.1 Å². The van der Waals surface area contributed by atoms with Crippen molar-refractivity contribution in [3.63, 3.8) is 0 Å². The standard InChI is InChI=1S/C32H30N2O3/c35-25-11-9-21-15-26-32(36)16-23-22-14-20(19-4-2-1-3-5-19)8-10-24(22)33-28(23)30-31(32,27(21)29(25)37-30)12-13-34(26)17-18-6-7-18/h1-5,8-11,14,18,26,30,33,35-36H,6-7,12-13,15-17H2/t26-,30-,31-,32+/m0/s1. The minimum absolute atomic E-state index is 0.0475. The third-order valence-corrected chi connectivity index (χ3v) is 10.3. The van der Waals surface area contributed by atoms with Crippen molar-refractivity contribution in [3.05, 3.63) is 83.0 Å². The smallest absolute Gasteiger partial charge is 0.166 e. The summed E-state index contributed by atoms with van der Waals surface area (Å²) in [4.78, 5) is 6.31. The molecular weight excluding hydrogens is 460 g/mol. The number of H-pyrrole nitrogens is 1. The highest BCUT2D eigenvalue weighted by Crippen LogP contribution is 2.69. The molecule has 9 rings (SSSR count). The zero-order valence-electron chi connectivity index (χ0n) is 20.7. The van der Waals surface area contributed by atoms with Gasteiger partial charge in [-0.25, -0.2) is 0 Å². The number of ether oxygens (including phenoxy) is 1. The Morgan fingerprint density at radius 3 is 2.73 bits per heavy atom. The molecule has 1 saturated heterocycles. The monoisotopic (exact) mass is 490 g/mol. The maximum Gasteiger partial charge on any atom is 0.166 e. The van der Waals surface area contributed by atoms with E-state index in [1.165, 1.54) is 40.5 Å². The number of fused-ring (bicyclic) bond motifs is 4. The fourth-order valence-electron chi connectivity index (χ4n) is 8.43. The van der Waals surface area contributed by atoms with Crippen LogP contribution in [0.15, 0.2) is 60.7 Å². The predicted octanol–water partition coefficient (Wildman–Crippen LogP) is 5.24. The molecule has 3 aromatic carbocycles. The second-order valence-electron chi connectivity index (χ2n) is 12.1. The first-order valence-electron chi connectivity index (χ1n) is 13.8. The maximum atomic E-state index is 13.0. The van der Waals surface area contributed by atoms with E-state index in [1.807, 2.05) is 6.07 Å². The van der Waals surface area contributed by atoms with Crippen molar-refractivity contribution < 1.29 is 14.9 Å². The molecule has 2 fully saturated rings. The molecular formula is C32H30N2O3. The zero-order valence-corrected chi connectivity index (χ0v) is 20.7. The second-order valence-corrected chi connectivity index (χ2v) is 12.1. The Balaban J connectivity index is 1.28. The lowest BCUT2D eigenvalue weighted by Gasteiger charge is -2.62. The molecule has 5 nitrogen and oxygen atoms in total. The Kier molecular flexibility index (Phi) is 3.80. The summed E-state index contributed by atoms with van der Waals surface area (Å²) in [7, 11) is 0. The Morgan fingerprint density at radius 1 is 1.03 bits per heavy atom. The van der Waals surface area contributed by atoms with Gasteiger partial charge in [0.2, 0.25) is 0 Å². The first-order valence-corrected chi connectivity index (χ1v) is 13.8. The first-order chi connectivity index (χ1) is 18.1. The molecule has 186 valence electrons. The summed E-state index contributed by atoms with van der Waals surface area (Å²) in [5, 5.41) is 25.1. The lowest BCUT2D eigenvalue weighted by Crippen LogP contribution is -2.74. The molecule has 3 aliphatic carbocycles. The van der Waals surface area contributed by atoms with Gasteiger partial charge in [0.25, 0.3) is 0 Å². The average Bonchev–Trinajstić information content (AvgIpc) is 3.55. The van der Waals surface area contributed by atoms with Gasteiger partial charge in [-0.05, 0) is 78.6 Å². The van der Waals surface area contributed by atoms with Crippen molar-refractivity contribution >= 4 is 10.9 Å². The van der Waals surface area contributed by atoms with Gasteiger partial charge in [-0.15, -0.1) is 0 Å². The van der Waals surface area contributed by atoms with E-state index in [4.69, 9.17) is 4.74 Å². The third-order valence-electron chi connectivity index (χ3n) is 10.3. The summed E-state index contributed by atoms with van der Waals surface area (Å²) in [6.07, 6.45) is 4.52. The lowest BCUT2D eigenvalue weighted by molar-refractivity contribution is -0.173. The molecule has 3 heterocycles. The number of phenols is 1. The Labute approximate surface area is 215 Å².